The zero-order valence-corrected chi connectivity index (χ0v) is 14.1. The Kier molecular flexibility index (Phi) is 6.47. The third kappa shape index (κ3) is 4.85. The first-order valence-electron chi connectivity index (χ1n) is 7.91. The molecule has 4 heteroatoms. The number of benzene rings is 1. The lowest BCUT2D eigenvalue weighted by Gasteiger charge is -2.32. The molecule has 3 nitrogen and oxygen atoms in total. The monoisotopic (exact) mass is 321 g/mol. The maximum absolute atomic E-state index is 12.6. The van der Waals surface area contributed by atoms with Gasteiger partial charge in [0, 0.05) is 30.3 Å². The van der Waals surface area contributed by atoms with Crippen LogP contribution in [0.25, 0.3) is 6.08 Å². The second-order valence-electron chi connectivity index (χ2n) is 5.80. The minimum Gasteiger partial charge on any atom is -0.381 e. The van der Waals surface area contributed by atoms with Crippen LogP contribution in [0.3, 0.4) is 0 Å². The van der Waals surface area contributed by atoms with Crippen molar-refractivity contribution in [2.24, 2.45) is 5.92 Å². The number of amides is 1. The summed E-state index contributed by atoms with van der Waals surface area (Å²) in [6, 6.07) is 7.52. The fourth-order valence-corrected chi connectivity index (χ4v) is 2.92. The largest absolute Gasteiger partial charge is 0.381 e. The maximum Gasteiger partial charge on any atom is 0.249 e. The van der Waals surface area contributed by atoms with Crippen LogP contribution in [-0.2, 0) is 9.53 Å². The molecule has 0 aliphatic carbocycles. The zero-order chi connectivity index (χ0) is 15.9. The van der Waals surface area contributed by atoms with E-state index in [9.17, 15) is 4.79 Å². The van der Waals surface area contributed by atoms with Crippen molar-refractivity contribution >= 4 is 23.6 Å². The minimum absolute atomic E-state index is 0.121. The van der Waals surface area contributed by atoms with E-state index in [1.54, 1.807) is 0 Å². The van der Waals surface area contributed by atoms with Crippen LogP contribution in [0.5, 0.6) is 0 Å². The SMILES string of the molecule is CCOCC1CCCN(C(=O)/C(C)=C/c2ccc(Cl)cc2)C1. The van der Waals surface area contributed by atoms with Gasteiger partial charge in [-0.05, 0) is 56.4 Å². The molecule has 0 radical (unpaired) electrons. The number of nitrogens with zero attached hydrogens (tertiary/aromatic N) is 1. The summed E-state index contributed by atoms with van der Waals surface area (Å²) in [5.41, 5.74) is 1.76. The van der Waals surface area contributed by atoms with Crippen LogP contribution in [0.1, 0.15) is 32.3 Å². The van der Waals surface area contributed by atoms with Crippen molar-refractivity contribution in [2.75, 3.05) is 26.3 Å². The van der Waals surface area contributed by atoms with Gasteiger partial charge in [-0.2, -0.15) is 0 Å². The molecular formula is C18H24ClNO2. The maximum atomic E-state index is 12.6. The summed E-state index contributed by atoms with van der Waals surface area (Å²) < 4.78 is 5.50. The van der Waals surface area contributed by atoms with E-state index in [4.69, 9.17) is 16.3 Å². The molecular weight excluding hydrogens is 298 g/mol. The van der Waals surface area contributed by atoms with Gasteiger partial charge >= 0.3 is 0 Å². The Balaban J connectivity index is 1.98. The first-order chi connectivity index (χ1) is 10.6. The highest BCUT2D eigenvalue weighted by Crippen LogP contribution is 2.20. The molecule has 1 amide bonds. The van der Waals surface area contributed by atoms with Crippen LogP contribution in [0.4, 0.5) is 0 Å². The standard InChI is InChI=1S/C18H24ClNO2/c1-3-22-13-16-5-4-10-20(12-16)18(21)14(2)11-15-6-8-17(19)9-7-15/h6-9,11,16H,3-5,10,12-13H2,1-2H3/b14-11+. The van der Waals surface area contributed by atoms with Crippen LogP contribution >= 0.6 is 11.6 Å². The van der Waals surface area contributed by atoms with Crippen LogP contribution in [0.15, 0.2) is 29.8 Å². The van der Waals surface area contributed by atoms with Gasteiger partial charge in [-0.1, -0.05) is 23.7 Å². The number of hydrogen-bond donors (Lipinski definition) is 0. The van der Waals surface area contributed by atoms with Gasteiger partial charge in [-0.3, -0.25) is 4.79 Å². The fraction of sp³-hybridized carbons (Fsp3) is 0.500. The molecule has 1 aliphatic rings. The Morgan fingerprint density at radius 3 is 2.82 bits per heavy atom. The van der Waals surface area contributed by atoms with E-state index in [1.807, 2.05) is 49.1 Å². The number of piperidine rings is 1. The summed E-state index contributed by atoms with van der Waals surface area (Å²) in [6.45, 7) is 7.01. The van der Waals surface area contributed by atoms with Crippen molar-refractivity contribution in [3.8, 4) is 0 Å². The van der Waals surface area contributed by atoms with E-state index in [-0.39, 0.29) is 5.91 Å². The molecule has 1 atom stereocenters. The van der Waals surface area contributed by atoms with E-state index in [1.165, 1.54) is 0 Å². The molecule has 0 N–H and O–H groups in total. The second kappa shape index (κ2) is 8.35. The highest BCUT2D eigenvalue weighted by molar-refractivity contribution is 6.30. The number of rotatable bonds is 5. The first-order valence-corrected chi connectivity index (χ1v) is 8.29. The Labute approximate surface area is 137 Å². The summed E-state index contributed by atoms with van der Waals surface area (Å²) in [5, 5.41) is 0.705. The lowest BCUT2D eigenvalue weighted by molar-refractivity contribution is -0.129. The van der Waals surface area contributed by atoms with Crippen molar-refractivity contribution in [3.05, 3.63) is 40.4 Å². The van der Waals surface area contributed by atoms with Crippen molar-refractivity contribution < 1.29 is 9.53 Å². The predicted octanol–water partition coefficient (Wildman–Crippen LogP) is 4.02. The van der Waals surface area contributed by atoms with Gasteiger partial charge in [0.25, 0.3) is 0 Å². The van der Waals surface area contributed by atoms with Gasteiger partial charge in [0.05, 0.1) is 6.61 Å². The van der Waals surface area contributed by atoms with Gasteiger partial charge < -0.3 is 9.64 Å². The van der Waals surface area contributed by atoms with Crippen molar-refractivity contribution in [2.45, 2.75) is 26.7 Å². The molecule has 0 spiro atoms. The summed E-state index contributed by atoms with van der Waals surface area (Å²) in [6.07, 6.45) is 4.12. The summed E-state index contributed by atoms with van der Waals surface area (Å²) in [4.78, 5) is 14.5. The average molecular weight is 322 g/mol. The van der Waals surface area contributed by atoms with Gasteiger partial charge in [-0.15, -0.1) is 0 Å². The number of halogens is 1. The molecule has 0 bridgehead atoms. The Morgan fingerprint density at radius 1 is 1.41 bits per heavy atom. The van der Waals surface area contributed by atoms with Crippen molar-refractivity contribution in [1.29, 1.82) is 0 Å². The molecule has 1 aromatic carbocycles. The average Bonchev–Trinajstić information content (AvgIpc) is 2.54. The third-order valence-electron chi connectivity index (χ3n) is 3.95. The fourth-order valence-electron chi connectivity index (χ4n) is 2.79. The number of hydrogen-bond acceptors (Lipinski definition) is 2. The number of likely N-dealkylation sites (tertiary alicyclic amines) is 1. The molecule has 1 fully saturated rings. The minimum atomic E-state index is 0.121. The highest BCUT2D eigenvalue weighted by atomic mass is 35.5. The summed E-state index contributed by atoms with van der Waals surface area (Å²) in [5.74, 6) is 0.581. The van der Waals surface area contributed by atoms with Crippen LogP contribution in [0.2, 0.25) is 5.02 Å². The van der Waals surface area contributed by atoms with Gasteiger partial charge in [0.2, 0.25) is 5.91 Å². The molecule has 1 aromatic rings. The van der Waals surface area contributed by atoms with E-state index >= 15 is 0 Å². The number of ether oxygens (including phenoxy) is 1. The number of carbonyl (C=O) groups is 1. The molecule has 22 heavy (non-hydrogen) atoms. The molecule has 1 heterocycles. The van der Waals surface area contributed by atoms with Crippen LogP contribution in [0, 0.1) is 5.92 Å². The second-order valence-corrected chi connectivity index (χ2v) is 6.23. The molecule has 120 valence electrons. The highest BCUT2D eigenvalue weighted by Gasteiger charge is 2.24. The Morgan fingerprint density at radius 2 is 2.14 bits per heavy atom. The van der Waals surface area contributed by atoms with Gasteiger partial charge in [0.1, 0.15) is 0 Å². The third-order valence-corrected chi connectivity index (χ3v) is 4.21. The zero-order valence-electron chi connectivity index (χ0n) is 13.3. The predicted molar refractivity (Wildman–Crippen MR) is 90.9 cm³/mol. The van der Waals surface area contributed by atoms with Crippen molar-refractivity contribution in [1.82, 2.24) is 4.90 Å². The summed E-state index contributed by atoms with van der Waals surface area (Å²) in [7, 11) is 0. The smallest absolute Gasteiger partial charge is 0.249 e. The van der Waals surface area contributed by atoms with E-state index in [0.29, 0.717) is 10.9 Å². The Bertz CT molecular complexity index is 524. The Hall–Kier alpha value is -1.32. The first kappa shape index (κ1) is 17.0. The van der Waals surface area contributed by atoms with Gasteiger partial charge in [0.15, 0.2) is 0 Å². The molecule has 1 saturated heterocycles. The lowest BCUT2D eigenvalue weighted by atomic mass is 9.98. The lowest BCUT2D eigenvalue weighted by Crippen LogP contribution is -2.41. The molecule has 0 saturated carbocycles. The molecule has 2 rings (SSSR count). The van der Waals surface area contributed by atoms with E-state index in [0.717, 1.165) is 50.3 Å². The molecule has 1 aliphatic heterocycles. The molecule has 0 aromatic heterocycles. The topological polar surface area (TPSA) is 29.5 Å². The summed E-state index contributed by atoms with van der Waals surface area (Å²) >= 11 is 5.88. The van der Waals surface area contributed by atoms with Crippen LogP contribution < -0.4 is 0 Å². The normalized spacial score (nSPS) is 19.3. The molecule has 1 unspecified atom stereocenters. The quantitative estimate of drug-likeness (QED) is 0.767. The van der Waals surface area contributed by atoms with Crippen LogP contribution in [-0.4, -0.2) is 37.1 Å². The number of carbonyl (C=O) groups excluding carboxylic acids is 1. The van der Waals surface area contributed by atoms with E-state index in [2.05, 4.69) is 0 Å². The van der Waals surface area contributed by atoms with Crippen molar-refractivity contribution in [3.63, 3.8) is 0 Å². The van der Waals surface area contributed by atoms with E-state index < -0.39 is 0 Å². The van der Waals surface area contributed by atoms with Gasteiger partial charge in [-0.25, -0.2) is 0 Å².